The molecule has 0 aliphatic rings. The average Bonchev–Trinajstić information content (AvgIpc) is 3.35. The van der Waals surface area contributed by atoms with E-state index in [-0.39, 0.29) is 5.91 Å². The molecule has 0 aliphatic carbocycles. The molecule has 4 rings (SSSR count). The van der Waals surface area contributed by atoms with Gasteiger partial charge in [0, 0.05) is 17.2 Å². The van der Waals surface area contributed by atoms with Crippen LogP contribution in [0.2, 0.25) is 0 Å². The van der Waals surface area contributed by atoms with Crippen LogP contribution in [0.3, 0.4) is 0 Å². The molecule has 0 radical (unpaired) electrons. The highest BCUT2D eigenvalue weighted by molar-refractivity contribution is 7.14. The van der Waals surface area contributed by atoms with E-state index in [2.05, 4.69) is 10.3 Å². The number of rotatable bonds is 7. The fourth-order valence-corrected chi connectivity index (χ4v) is 3.68. The summed E-state index contributed by atoms with van der Waals surface area (Å²) in [7, 11) is 0. The number of ether oxygens (including phenoxy) is 1. The second-order valence-corrected chi connectivity index (χ2v) is 7.15. The normalized spacial score (nSPS) is 10.9. The number of carbonyl (C=O) groups excluding carboxylic acids is 1. The van der Waals surface area contributed by atoms with E-state index in [1.54, 1.807) is 0 Å². The van der Waals surface area contributed by atoms with E-state index in [0.717, 1.165) is 16.7 Å². The standard InChI is InChI=1S/C22H20N2O3S/c1-2-26-18-10-6-9-16-13-19(27-21(16)18)17-14-28-22(23-17)24-20(25)12-11-15-7-4-3-5-8-15/h3-10,13-14H,2,11-12H2,1H3,(H,23,24,25). The molecule has 0 saturated carbocycles. The number of fused-ring (bicyclic) bond motifs is 1. The fraction of sp³-hybridized carbons (Fsp3) is 0.182. The first-order chi connectivity index (χ1) is 13.7. The number of aryl methyl sites for hydroxylation is 1. The van der Waals surface area contributed by atoms with Crippen LogP contribution in [0, 0.1) is 0 Å². The van der Waals surface area contributed by atoms with Gasteiger partial charge in [0.15, 0.2) is 22.2 Å². The van der Waals surface area contributed by atoms with Crippen molar-refractivity contribution in [3.05, 3.63) is 65.5 Å². The van der Waals surface area contributed by atoms with Crippen molar-refractivity contribution in [2.45, 2.75) is 19.8 Å². The van der Waals surface area contributed by atoms with Crippen molar-refractivity contribution >= 4 is 33.3 Å². The van der Waals surface area contributed by atoms with E-state index in [0.29, 0.717) is 41.6 Å². The largest absolute Gasteiger partial charge is 0.490 e. The van der Waals surface area contributed by atoms with Gasteiger partial charge in [-0.2, -0.15) is 0 Å². The predicted octanol–water partition coefficient (Wildman–Crippen LogP) is 5.53. The van der Waals surface area contributed by atoms with Gasteiger partial charge in [0.2, 0.25) is 5.91 Å². The van der Waals surface area contributed by atoms with Gasteiger partial charge in [0.05, 0.1) is 6.61 Å². The zero-order chi connectivity index (χ0) is 19.3. The highest BCUT2D eigenvalue weighted by atomic mass is 32.1. The predicted molar refractivity (Wildman–Crippen MR) is 112 cm³/mol. The van der Waals surface area contributed by atoms with Gasteiger partial charge in [-0.1, -0.05) is 42.5 Å². The Morgan fingerprint density at radius 1 is 1.18 bits per heavy atom. The van der Waals surface area contributed by atoms with E-state index >= 15 is 0 Å². The number of hydrogen-bond acceptors (Lipinski definition) is 5. The Morgan fingerprint density at radius 2 is 2.04 bits per heavy atom. The number of anilines is 1. The highest BCUT2D eigenvalue weighted by Crippen LogP contribution is 2.34. The van der Waals surface area contributed by atoms with E-state index in [4.69, 9.17) is 9.15 Å². The molecule has 6 heteroatoms. The van der Waals surface area contributed by atoms with Crippen molar-refractivity contribution in [1.29, 1.82) is 0 Å². The summed E-state index contributed by atoms with van der Waals surface area (Å²) in [5.74, 6) is 1.33. The van der Waals surface area contributed by atoms with Gasteiger partial charge in [0.1, 0.15) is 5.69 Å². The summed E-state index contributed by atoms with van der Waals surface area (Å²) in [6.07, 6.45) is 1.12. The molecule has 4 aromatic rings. The van der Waals surface area contributed by atoms with E-state index in [1.165, 1.54) is 11.3 Å². The Hall–Kier alpha value is -3.12. The van der Waals surface area contributed by atoms with Crippen LogP contribution in [0.25, 0.3) is 22.4 Å². The first-order valence-corrected chi connectivity index (χ1v) is 10.1. The number of nitrogens with one attached hydrogen (secondary N) is 1. The number of nitrogens with zero attached hydrogens (tertiary/aromatic N) is 1. The molecular formula is C22H20N2O3S. The zero-order valence-corrected chi connectivity index (χ0v) is 16.3. The molecule has 2 heterocycles. The first-order valence-electron chi connectivity index (χ1n) is 9.18. The lowest BCUT2D eigenvalue weighted by Crippen LogP contribution is -2.12. The van der Waals surface area contributed by atoms with Crippen molar-refractivity contribution < 1.29 is 13.9 Å². The molecule has 0 unspecified atom stereocenters. The molecule has 28 heavy (non-hydrogen) atoms. The van der Waals surface area contributed by atoms with Crippen LogP contribution in [-0.2, 0) is 11.2 Å². The fourth-order valence-electron chi connectivity index (χ4n) is 2.96. The van der Waals surface area contributed by atoms with Crippen LogP contribution in [0.5, 0.6) is 5.75 Å². The summed E-state index contributed by atoms with van der Waals surface area (Å²) in [4.78, 5) is 16.7. The monoisotopic (exact) mass is 392 g/mol. The smallest absolute Gasteiger partial charge is 0.226 e. The maximum Gasteiger partial charge on any atom is 0.226 e. The molecular weight excluding hydrogens is 372 g/mol. The average molecular weight is 392 g/mol. The minimum absolute atomic E-state index is 0.0482. The molecule has 2 aromatic heterocycles. The highest BCUT2D eigenvalue weighted by Gasteiger charge is 2.14. The quantitative estimate of drug-likeness (QED) is 0.449. The Kier molecular flexibility index (Phi) is 5.39. The van der Waals surface area contributed by atoms with Crippen LogP contribution in [-0.4, -0.2) is 17.5 Å². The van der Waals surface area contributed by atoms with Crippen LogP contribution in [0.4, 0.5) is 5.13 Å². The molecule has 142 valence electrons. The number of benzene rings is 2. The topological polar surface area (TPSA) is 64.4 Å². The summed E-state index contributed by atoms with van der Waals surface area (Å²) in [5, 5.41) is 6.28. The molecule has 1 amide bonds. The van der Waals surface area contributed by atoms with Crippen molar-refractivity contribution in [3.8, 4) is 17.2 Å². The number of thiazole rings is 1. The molecule has 0 aliphatic heterocycles. The Bertz CT molecular complexity index is 1090. The molecule has 0 bridgehead atoms. The molecule has 1 N–H and O–H groups in total. The van der Waals surface area contributed by atoms with Crippen LogP contribution in [0.1, 0.15) is 18.9 Å². The van der Waals surface area contributed by atoms with Crippen LogP contribution < -0.4 is 10.1 Å². The lowest BCUT2D eigenvalue weighted by Gasteiger charge is -2.02. The van der Waals surface area contributed by atoms with Crippen molar-refractivity contribution in [2.24, 2.45) is 0 Å². The Balaban J connectivity index is 1.45. The molecule has 0 saturated heterocycles. The number of para-hydroxylation sites is 1. The summed E-state index contributed by atoms with van der Waals surface area (Å²) >= 11 is 1.38. The van der Waals surface area contributed by atoms with Crippen LogP contribution in [0.15, 0.2) is 64.4 Å². The zero-order valence-electron chi connectivity index (χ0n) is 15.5. The second-order valence-electron chi connectivity index (χ2n) is 6.29. The number of aromatic nitrogens is 1. The van der Waals surface area contributed by atoms with E-state index in [1.807, 2.05) is 66.9 Å². The lowest BCUT2D eigenvalue weighted by molar-refractivity contribution is -0.116. The number of amides is 1. The minimum atomic E-state index is -0.0482. The molecule has 0 fully saturated rings. The molecule has 0 spiro atoms. The molecule has 5 nitrogen and oxygen atoms in total. The number of carbonyl (C=O) groups is 1. The van der Waals surface area contributed by atoms with Gasteiger partial charge >= 0.3 is 0 Å². The third kappa shape index (κ3) is 4.07. The lowest BCUT2D eigenvalue weighted by atomic mass is 10.1. The van der Waals surface area contributed by atoms with Gasteiger partial charge in [-0.15, -0.1) is 11.3 Å². The van der Waals surface area contributed by atoms with Gasteiger partial charge < -0.3 is 14.5 Å². The molecule has 2 aromatic carbocycles. The number of furan rings is 1. The minimum Gasteiger partial charge on any atom is -0.490 e. The third-order valence-electron chi connectivity index (χ3n) is 4.29. The number of hydrogen-bond donors (Lipinski definition) is 1. The van der Waals surface area contributed by atoms with E-state index < -0.39 is 0 Å². The second kappa shape index (κ2) is 8.27. The van der Waals surface area contributed by atoms with E-state index in [9.17, 15) is 4.79 Å². The molecule has 0 atom stereocenters. The summed E-state index contributed by atoms with van der Waals surface area (Å²) in [5.41, 5.74) is 2.55. The van der Waals surface area contributed by atoms with Crippen molar-refractivity contribution in [3.63, 3.8) is 0 Å². The van der Waals surface area contributed by atoms with Crippen LogP contribution >= 0.6 is 11.3 Å². The summed E-state index contributed by atoms with van der Waals surface area (Å²) < 4.78 is 11.6. The van der Waals surface area contributed by atoms with Gasteiger partial charge in [-0.25, -0.2) is 4.98 Å². The maximum atomic E-state index is 12.2. The maximum absolute atomic E-state index is 12.2. The van der Waals surface area contributed by atoms with Crippen molar-refractivity contribution in [2.75, 3.05) is 11.9 Å². The summed E-state index contributed by atoms with van der Waals surface area (Å²) in [6.45, 7) is 2.51. The SMILES string of the molecule is CCOc1cccc2cc(-c3csc(NC(=O)CCc4ccccc4)n3)oc12. The first kappa shape index (κ1) is 18.3. The summed E-state index contributed by atoms with van der Waals surface area (Å²) in [6, 6.07) is 17.7. The van der Waals surface area contributed by atoms with Gasteiger partial charge in [0.25, 0.3) is 0 Å². The third-order valence-corrected chi connectivity index (χ3v) is 5.05. The Morgan fingerprint density at radius 3 is 2.86 bits per heavy atom. The van der Waals surface area contributed by atoms with Gasteiger partial charge in [-0.3, -0.25) is 4.79 Å². The Labute approximate surface area is 167 Å². The van der Waals surface area contributed by atoms with Crippen molar-refractivity contribution in [1.82, 2.24) is 4.98 Å². The van der Waals surface area contributed by atoms with Gasteiger partial charge in [-0.05, 0) is 31.0 Å².